The molecule has 7 nitrogen and oxygen atoms in total. The van der Waals surface area contributed by atoms with Gasteiger partial charge in [0.05, 0.1) is 11.7 Å². The molecule has 1 aromatic carbocycles. The first-order valence-corrected chi connectivity index (χ1v) is 9.96. The Morgan fingerprint density at radius 1 is 1.14 bits per heavy atom. The fraction of sp³-hybridized carbons (Fsp3) is 0.350. The number of aryl methyl sites for hydroxylation is 1. The number of anilines is 1. The second kappa shape index (κ2) is 8.43. The molecule has 0 fully saturated rings. The first kappa shape index (κ1) is 19.9. The second-order valence-corrected chi connectivity index (χ2v) is 7.98. The number of hydrogen-bond acceptors (Lipinski definition) is 5. The molecule has 28 heavy (non-hydrogen) atoms. The van der Waals surface area contributed by atoms with Crippen molar-refractivity contribution in [3.05, 3.63) is 45.8 Å². The lowest BCUT2D eigenvalue weighted by atomic mass is 10.1. The molecule has 1 aliphatic carbocycles. The number of nitrogens with one attached hydrogen (secondary N) is 2. The Kier molecular flexibility index (Phi) is 5.99. The number of nitrogens with two attached hydrogens (primary N) is 1. The lowest BCUT2D eigenvalue weighted by Crippen LogP contribution is -2.35. The molecule has 0 radical (unpaired) electrons. The van der Waals surface area contributed by atoms with Gasteiger partial charge in [0.1, 0.15) is 10.8 Å². The zero-order valence-corrected chi connectivity index (χ0v) is 16.7. The average molecular weight is 401 g/mol. The number of rotatable bonds is 6. The topological polar surface area (TPSA) is 111 Å². The third-order valence-corrected chi connectivity index (χ3v) is 5.56. The van der Waals surface area contributed by atoms with Gasteiger partial charge in [-0.05, 0) is 56.4 Å². The molecule has 1 aliphatic rings. The minimum atomic E-state index is -0.817. The number of carbonyl (C=O) groups excluding carboxylic acids is 3. The van der Waals surface area contributed by atoms with Crippen LogP contribution < -0.4 is 21.1 Å². The molecule has 3 rings (SSSR count). The highest BCUT2D eigenvalue weighted by Crippen LogP contribution is 2.38. The Balaban J connectivity index is 1.58. The summed E-state index contributed by atoms with van der Waals surface area (Å²) in [5.41, 5.74) is 7.54. The van der Waals surface area contributed by atoms with Crippen LogP contribution in [0.5, 0.6) is 5.75 Å². The molecular formula is C20H23N3O4S. The molecule has 4 N–H and O–H groups in total. The Hall–Kier alpha value is -2.87. The number of hydrogen-bond donors (Lipinski definition) is 3. The van der Waals surface area contributed by atoms with Crippen molar-refractivity contribution in [3.63, 3.8) is 0 Å². The van der Waals surface area contributed by atoms with Crippen molar-refractivity contribution in [2.75, 3.05) is 5.32 Å². The predicted molar refractivity (Wildman–Crippen MR) is 108 cm³/mol. The molecule has 1 heterocycles. The van der Waals surface area contributed by atoms with Crippen LogP contribution in [-0.4, -0.2) is 23.8 Å². The number of thiophene rings is 1. The number of primary amides is 1. The Morgan fingerprint density at radius 3 is 2.50 bits per heavy atom. The normalized spacial score (nSPS) is 12.5. The van der Waals surface area contributed by atoms with Crippen molar-refractivity contribution in [3.8, 4) is 5.75 Å². The maximum Gasteiger partial charge on any atom is 0.314 e. The number of carbonyl (C=O) groups is 3. The minimum absolute atomic E-state index is 0.0816. The highest BCUT2D eigenvalue weighted by Gasteiger charge is 2.27. The quantitative estimate of drug-likeness (QED) is 0.645. The van der Waals surface area contributed by atoms with Gasteiger partial charge < -0.3 is 21.1 Å². The summed E-state index contributed by atoms with van der Waals surface area (Å²) >= 11 is 1.32. The molecule has 0 saturated carbocycles. The lowest BCUT2D eigenvalue weighted by Gasteiger charge is -2.10. The zero-order chi connectivity index (χ0) is 20.3. The third kappa shape index (κ3) is 4.51. The van der Waals surface area contributed by atoms with E-state index in [1.54, 1.807) is 0 Å². The van der Waals surface area contributed by atoms with Crippen LogP contribution in [0.3, 0.4) is 0 Å². The summed E-state index contributed by atoms with van der Waals surface area (Å²) in [7, 11) is 0. The number of fused-ring (bicyclic) bond motifs is 1. The van der Waals surface area contributed by atoms with Crippen LogP contribution in [0.4, 0.5) is 5.00 Å². The molecule has 1 aromatic heterocycles. The second-order valence-electron chi connectivity index (χ2n) is 6.87. The van der Waals surface area contributed by atoms with Crippen molar-refractivity contribution in [2.24, 2.45) is 5.73 Å². The summed E-state index contributed by atoms with van der Waals surface area (Å²) in [5.74, 6) is -1.43. The predicted octanol–water partition coefficient (Wildman–Crippen LogP) is 2.38. The minimum Gasteiger partial charge on any atom is -0.491 e. The molecule has 8 heteroatoms. The molecule has 0 saturated heterocycles. The summed E-state index contributed by atoms with van der Waals surface area (Å²) < 4.78 is 5.57. The van der Waals surface area contributed by atoms with Crippen molar-refractivity contribution >= 4 is 34.1 Å². The maximum absolute atomic E-state index is 12.2. The number of amides is 3. The van der Waals surface area contributed by atoms with E-state index in [1.165, 1.54) is 11.3 Å². The van der Waals surface area contributed by atoms with Gasteiger partial charge in [-0.2, -0.15) is 0 Å². The van der Waals surface area contributed by atoms with Gasteiger partial charge in [0, 0.05) is 11.4 Å². The Bertz CT molecular complexity index is 903. The average Bonchev–Trinajstić information content (AvgIpc) is 3.20. The molecule has 2 aromatic rings. The molecule has 148 valence electrons. The molecule has 0 atom stereocenters. The van der Waals surface area contributed by atoms with E-state index in [4.69, 9.17) is 10.5 Å². The van der Waals surface area contributed by atoms with Crippen molar-refractivity contribution in [1.82, 2.24) is 5.32 Å². The van der Waals surface area contributed by atoms with E-state index in [9.17, 15) is 14.4 Å². The molecule has 0 aliphatic heterocycles. The van der Waals surface area contributed by atoms with E-state index in [-0.39, 0.29) is 12.6 Å². The van der Waals surface area contributed by atoms with Crippen LogP contribution >= 0.6 is 11.3 Å². The maximum atomic E-state index is 12.2. The Labute approximate surface area is 167 Å². The van der Waals surface area contributed by atoms with Gasteiger partial charge >= 0.3 is 11.8 Å². The molecular weight excluding hydrogens is 378 g/mol. The van der Waals surface area contributed by atoms with Crippen LogP contribution in [0, 0.1) is 0 Å². The van der Waals surface area contributed by atoms with E-state index in [1.807, 2.05) is 38.1 Å². The van der Waals surface area contributed by atoms with Gasteiger partial charge in [-0.25, -0.2) is 0 Å². The zero-order valence-electron chi connectivity index (χ0n) is 15.8. The summed E-state index contributed by atoms with van der Waals surface area (Å²) in [6.45, 7) is 4.09. The summed E-state index contributed by atoms with van der Waals surface area (Å²) in [4.78, 5) is 37.2. The van der Waals surface area contributed by atoms with Crippen molar-refractivity contribution in [1.29, 1.82) is 0 Å². The van der Waals surface area contributed by atoms with Crippen LogP contribution in [0.1, 0.15) is 46.6 Å². The standard InChI is InChI=1S/C20H23N3O4S/c1-11(2)27-13-8-6-12(7-9-13)10-22-18(25)19(26)23-20-16(17(21)24)14-4-3-5-15(14)28-20/h6-9,11H,3-5,10H2,1-2H3,(H2,21,24)(H,22,25)(H,23,26). The summed E-state index contributed by atoms with van der Waals surface area (Å²) in [6.07, 6.45) is 2.68. The molecule has 0 unspecified atom stereocenters. The van der Waals surface area contributed by atoms with E-state index < -0.39 is 17.7 Å². The van der Waals surface area contributed by atoms with E-state index >= 15 is 0 Å². The SMILES string of the molecule is CC(C)Oc1ccc(CNC(=O)C(=O)Nc2sc3c(c2C(N)=O)CCC3)cc1. The number of ether oxygens (including phenoxy) is 1. The van der Waals surface area contributed by atoms with Gasteiger partial charge in [-0.3, -0.25) is 14.4 Å². The highest BCUT2D eigenvalue weighted by atomic mass is 32.1. The fourth-order valence-electron chi connectivity index (χ4n) is 3.13. The van der Waals surface area contributed by atoms with Gasteiger partial charge in [-0.1, -0.05) is 12.1 Å². The van der Waals surface area contributed by atoms with Crippen LogP contribution in [0.2, 0.25) is 0 Å². The van der Waals surface area contributed by atoms with E-state index in [0.29, 0.717) is 10.6 Å². The van der Waals surface area contributed by atoms with Crippen molar-refractivity contribution in [2.45, 2.75) is 45.8 Å². The Morgan fingerprint density at radius 2 is 1.86 bits per heavy atom. The molecule has 3 amide bonds. The first-order valence-electron chi connectivity index (χ1n) is 9.14. The molecule has 0 bridgehead atoms. The largest absolute Gasteiger partial charge is 0.491 e. The van der Waals surface area contributed by atoms with Crippen LogP contribution in [0.25, 0.3) is 0 Å². The van der Waals surface area contributed by atoms with Crippen LogP contribution in [0.15, 0.2) is 24.3 Å². The molecule has 0 spiro atoms. The van der Waals surface area contributed by atoms with Crippen molar-refractivity contribution < 1.29 is 19.1 Å². The number of benzene rings is 1. The third-order valence-electron chi connectivity index (χ3n) is 4.35. The fourth-order valence-corrected chi connectivity index (χ4v) is 4.42. The monoisotopic (exact) mass is 401 g/mol. The summed E-state index contributed by atoms with van der Waals surface area (Å²) in [5, 5.41) is 5.46. The van der Waals surface area contributed by atoms with E-state index in [2.05, 4.69) is 10.6 Å². The smallest absolute Gasteiger partial charge is 0.314 e. The van der Waals surface area contributed by atoms with Gasteiger partial charge in [-0.15, -0.1) is 11.3 Å². The van der Waals surface area contributed by atoms with Crippen LogP contribution in [-0.2, 0) is 29.0 Å². The van der Waals surface area contributed by atoms with Gasteiger partial charge in [0.25, 0.3) is 5.91 Å². The highest BCUT2D eigenvalue weighted by molar-refractivity contribution is 7.17. The van der Waals surface area contributed by atoms with Gasteiger partial charge in [0.15, 0.2) is 0 Å². The first-order chi connectivity index (χ1) is 13.3. The summed E-state index contributed by atoms with van der Waals surface area (Å²) in [6, 6.07) is 7.28. The van der Waals surface area contributed by atoms with E-state index in [0.717, 1.165) is 41.0 Å². The van der Waals surface area contributed by atoms with Gasteiger partial charge in [0.2, 0.25) is 0 Å². The lowest BCUT2D eigenvalue weighted by molar-refractivity contribution is -0.136.